The fraction of sp³-hybridized carbons (Fsp3) is 0.500. The molecule has 3 aliphatic heterocycles. The van der Waals surface area contributed by atoms with Gasteiger partial charge < -0.3 is 20.5 Å². The van der Waals surface area contributed by atoms with E-state index in [9.17, 15) is 27.2 Å². The van der Waals surface area contributed by atoms with Gasteiger partial charge in [-0.2, -0.15) is 4.39 Å². The van der Waals surface area contributed by atoms with E-state index in [1.165, 1.54) is 6.07 Å². The number of nitrogens with zero attached hydrogens (tertiary/aromatic N) is 1. The number of fused-ring (bicyclic) bond motifs is 4. The third kappa shape index (κ3) is 5.32. The van der Waals surface area contributed by atoms with Crippen molar-refractivity contribution in [1.82, 2.24) is 20.5 Å². The van der Waals surface area contributed by atoms with Crippen molar-refractivity contribution in [2.75, 3.05) is 12.8 Å². The number of H-pyrrole nitrogens is 1. The lowest BCUT2D eigenvalue weighted by atomic mass is 9.71. The van der Waals surface area contributed by atoms with Gasteiger partial charge in [0.25, 0.3) is 11.8 Å². The van der Waals surface area contributed by atoms with Crippen LogP contribution in [-0.2, 0) is 19.4 Å². The van der Waals surface area contributed by atoms with Crippen LogP contribution in [0.15, 0.2) is 35.5 Å². The summed E-state index contributed by atoms with van der Waals surface area (Å²) < 4.78 is 68.2. The number of hydrogen-bond donors (Lipinski definition) is 3. The summed E-state index contributed by atoms with van der Waals surface area (Å²) in [7, 11) is -4.27. The van der Waals surface area contributed by atoms with Crippen LogP contribution < -0.4 is 10.6 Å². The number of amides is 3. The summed E-state index contributed by atoms with van der Waals surface area (Å²) >= 11 is 6.22. The maximum Gasteiger partial charge on any atom is 0.271 e. The smallest absolute Gasteiger partial charge is 0.271 e. The number of halogens is 4. The molecule has 1 aromatic heterocycles. The second-order valence-corrected chi connectivity index (χ2v) is 13.1. The lowest BCUT2D eigenvalue weighted by Crippen LogP contribution is -2.68. The molecule has 0 radical (unpaired) electrons. The predicted molar refractivity (Wildman–Crippen MR) is 141 cm³/mol. The third-order valence-electron chi connectivity index (χ3n) is 7.99. The Kier molecular flexibility index (Phi) is 7.40. The lowest BCUT2D eigenvalue weighted by Gasteiger charge is -2.53. The number of para-hydroxylation sites is 1. The van der Waals surface area contributed by atoms with E-state index >= 15 is 8.78 Å². The minimum absolute atomic E-state index is 0.0126. The topological polar surface area (TPSA) is 128 Å². The molecular formula is C26H28ClF3N4O5S. The molecule has 5 atom stereocenters. The molecule has 4 heterocycles. The molecule has 3 amide bonds. The zero-order valence-electron chi connectivity index (χ0n) is 21.4. The van der Waals surface area contributed by atoms with Gasteiger partial charge in [-0.3, -0.25) is 14.4 Å². The Morgan fingerprint density at radius 3 is 2.65 bits per heavy atom. The number of benzene rings is 1. The molecule has 3 saturated heterocycles. The summed E-state index contributed by atoms with van der Waals surface area (Å²) in [6.45, 7) is 0.359. The minimum atomic E-state index is -4.27. The molecule has 0 unspecified atom stereocenters. The zero-order chi connectivity index (χ0) is 29.0. The van der Waals surface area contributed by atoms with Crippen LogP contribution in [-0.4, -0.2) is 72.9 Å². The van der Waals surface area contributed by atoms with Crippen LogP contribution in [0.3, 0.4) is 0 Å². The molecule has 2 bridgehead atoms. The van der Waals surface area contributed by atoms with E-state index < -0.39 is 69.1 Å². The number of rotatable bonds is 7. The summed E-state index contributed by atoms with van der Waals surface area (Å²) in [6.07, 6.45) is 1.19. The van der Waals surface area contributed by atoms with Gasteiger partial charge in [-0.25, -0.2) is 17.2 Å². The van der Waals surface area contributed by atoms with E-state index in [-0.39, 0.29) is 30.9 Å². The predicted octanol–water partition coefficient (Wildman–Crippen LogP) is 3.32. The van der Waals surface area contributed by atoms with Crippen molar-refractivity contribution in [2.24, 2.45) is 11.8 Å². The molecule has 216 valence electrons. The second-order valence-electron chi connectivity index (χ2n) is 10.7. The zero-order valence-corrected chi connectivity index (χ0v) is 23.0. The number of carbonyl (C=O) groups excluding carboxylic acids is 3. The van der Waals surface area contributed by atoms with Crippen LogP contribution in [0.2, 0.25) is 5.02 Å². The van der Waals surface area contributed by atoms with Crippen LogP contribution in [0.5, 0.6) is 0 Å². The fourth-order valence-corrected chi connectivity index (χ4v) is 6.71. The average Bonchev–Trinajstić information content (AvgIpc) is 3.49. The molecule has 1 aromatic carbocycles. The standard InChI is InChI=1S/C26H28ClF3N4O5S/c1-40(38,39)20(28)11-15(9-14-7-8-31-23(14)35)32-24(36)22-17-6-5-16(12-26(17,29)30)34(22)25(37)19-10-13-3-2-4-18(27)21(13)33-19/h2-4,10-11,14-17,22,33H,5-9,12H2,1H3,(H,31,35)(H,32,36)/b20-11+/t14-,15-,16+,17+,22-/m1/s1. The highest BCUT2D eigenvalue weighted by Gasteiger charge is 2.60. The Morgan fingerprint density at radius 1 is 1.27 bits per heavy atom. The van der Waals surface area contributed by atoms with Crippen LogP contribution in [0.1, 0.15) is 42.6 Å². The van der Waals surface area contributed by atoms with Gasteiger partial charge in [0, 0.05) is 36.6 Å². The molecule has 6 rings (SSSR count). The maximum absolute atomic E-state index is 15.1. The largest absolute Gasteiger partial charge is 0.356 e. The number of hydrogen-bond acceptors (Lipinski definition) is 5. The van der Waals surface area contributed by atoms with E-state index in [1.807, 2.05) is 0 Å². The number of nitrogens with one attached hydrogen (secondary N) is 3. The van der Waals surface area contributed by atoms with Crippen LogP contribution in [0, 0.1) is 11.8 Å². The van der Waals surface area contributed by atoms with E-state index in [1.54, 1.807) is 18.2 Å². The van der Waals surface area contributed by atoms with E-state index in [4.69, 9.17) is 11.6 Å². The number of alkyl halides is 2. The van der Waals surface area contributed by atoms with Crippen LogP contribution >= 0.6 is 11.6 Å². The van der Waals surface area contributed by atoms with Crippen molar-refractivity contribution in [2.45, 2.75) is 56.2 Å². The molecule has 14 heteroatoms. The maximum atomic E-state index is 15.1. The van der Waals surface area contributed by atoms with Crippen molar-refractivity contribution < 1.29 is 36.0 Å². The molecule has 3 N–H and O–H groups in total. The van der Waals surface area contributed by atoms with Crippen molar-refractivity contribution >= 4 is 50.1 Å². The van der Waals surface area contributed by atoms with Crippen LogP contribution in [0.25, 0.3) is 10.9 Å². The lowest BCUT2D eigenvalue weighted by molar-refractivity contribution is -0.179. The molecule has 9 nitrogen and oxygen atoms in total. The summed E-state index contributed by atoms with van der Waals surface area (Å²) in [5.74, 6) is -7.37. The highest BCUT2D eigenvalue weighted by Crippen LogP contribution is 2.49. The Hall–Kier alpha value is -3.06. The monoisotopic (exact) mass is 600 g/mol. The Morgan fingerprint density at radius 2 is 2.02 bits per heavy atom. The Balaban J connectivity index is 1.48. The highest BCUT2D eigenvalue weighted by atomic mass is 35.5. The number of carbonyl (C=O) groups is 3. The first kappa shape index (κ1) is 28.5. The summed E-state index contributed by atoms with van der Waals surface area (Å²) in [6, 6.07) is 2.74. The van der Waals surface area contributed by atoms with Crippen molar-refractivity contribution in [3.63, 3.8) is 0 Å². The summed E-state index contributed by atoms with van der Waals surface area (Å²) in [4.78, 5) is 43.6. The molecule has 40 heavy (non-hydrogen) atoms. The second kappa shape index (κ2) is 10.4. The van der Waals surface area contributed by atoms with E-state index in [2.05, 4.69) is 15.6 Å². The third-order valence-corrected chi connectivity index (χ3v) is 9.15. The number of aromatic amines is 1. The van der Waals surface area contributed by atoms with Gasteiger partial charge in [0.2, 0.25) is 26.8 Å². The first-order valence-corrected chi connectivity index (χ1v) is 15.2. The van der Waals surface area contributed by atoms with Gasteiger partial charge in [-0.1, -0.05) is 23.7 Å². The average molecular weight is 601 g/mol. The van der Waals surface area contributed by atoms with Crippen molar-refractivity contribution in [3.8, 4) is 0 Å². The number of sulfone groups is 1. The van der Waals surface area contributed by atoms with Crippen molar-refractivity contribution in [1.29, 1.82) is 0 Å². The van der Waals surface area contributed by atoms with Gasteiger partial charge >= 0.3 is 0 Å². The molecule has 1 aliphatic carbocycles. The SMILES string of the molecule is CS(=O)(=O)/C(F)=C/[C@@H](C[C@H]1CCNC1=O)NC(=O)[C@H]1[C@@H]2CC[C@@H](CC2(F)F)N1C(=O)c1cc2cccc(Cl)c2[nH]1. The molecule has 4 aliphatic rings. The van der Waals surface area contributed by atoms with Gasteiger partial charge in [0.05, 0.1) is 22.5 Å². The van der Waals surface area contributed by atoms with Crippen LogP contribution in [0.4, 0.5) is 13.2 Å². The summed E-state index contributed by atoms with van der Waals surface area (Å²) in [5, 5.41) is 4.55. The highest BCUT2D eigenvalue weighted by molar-refractivity contribution is 7.94. The summed E-state index contributed by atoms with van der Waals surface area (Å²) in [5.41, 5.74) is 0.552. The molecule has 2 aromatic rings. The van der Waals surface area contributed by atoms with E-state index in [0.717, 1.165) is 4.90 Å². The molecule has 4 fully saturated rings. The Labute approximate surface area is 233 Å². The van der Waals surface area contributed by atoms with Gasteiger partial charge in [0.1, 0.15) is 11.7 Å². The number of piperidine rings is 2. The molecule has 0 spiro atoms. The minimum Gasteiger partial charge on any atom is -0.356 e. The molecule has 1 saturated carbocycles. The van der Waals surface area contributed by atoms with Crippen molar-refractivity contribution in [3.05, 3.63) is 46.2 Å². The fourth-order valence-electron chi connectivity index (χ4n) is 6.07. The molecular weight excluding hydrogens is 573 g/mol. The normalized spacial score (nSPS) is 27.1. The quantitative estimate of drug-likeness (QED) is 0.449. The first-order chi connectivity index (χ1) is 18.8. The first-order valence-electron chi connectivity index (χ1n) is 12.9. The van der Waals surface area contributed by atoms with E-state index in [0.29, 0.717) is 41.2 Å². The van der Waals surface area contributed by atoms with Gasteiger partial charge in [-0.15, -0.1) is 0 Å². The Bertz CT molecular complexity index is 1510. The number of aromatic nitrogens is 1. The van der Waals surface area contributed by atoms with Gasteiger partial charge in [0.15, 0.2) is 0 Å². The van der Waals surface area contributed by atoms with Gasteiger partial charge in [-0.05, 0) is 43.9 Å².